The smallest absolute Gasteiger partial charge is 0.194 e. The van der Waals surface area contributed by atoms with Crippen molar-refractivity contribution in [3.63, 3.8) is 0 Å². The van der Waals surface area contributed by atoms with E-state index in [1.165, 1.54) is 0 Å². The molecular weight excluding hydrogens is 377 g/mol. The topological polar surface area (TPSA) is 29.4 Å². The Labute approximate surface area is 159 Å². The van der Waals surface area contributed by atoms with E-state index in [0.717, 1.165) is 11.1 Å². The summed E-state index contributed by atoms with van der Waals surface area (Å²) in [5.41, 5.74) is 4.12. The standard InChI is InChI=1S/C20H10Cl3NO/c21-16-6-3-7-17(22)15(16)10-24-19-9-14-13(8-18(19)23)11-4-1-2-5-12(11)20(14)25/h1-10H. The molecule has 3 aromatic carbocycles. The van der Waals surface area contributed by atoms with Crippen molar-refractivity contribution in [3.05, 3.63) is 86.4 Å². The summed E-state index contributed by atoms with van der Waals surface area (Å²) in [5.74, 6) is -0.0190. The summed E-state index contributed by atoms with van der Waals surface area (Å²) in [7, 11) is 0. The van der Waals surface area contributed by atoms with Gasteiger partial charge in [-0.1, -0.05) is 65.1 Å². The van der Waals surface area contributed by atoms with Gasteiger partial charge in [0, 0.05) is 22.9 Å². The number of fused-ring (bicyclic) bond motifs is 3. The predicted molar refractivity (Wildman–Crippen MR) is 104 cm³/mol. The Morgan fingerprint density at radius 3 is 2.12 bits per heavy atom. The number of hydrogen-bond acceptors (Lipinski definition) is 2. The van der Waals surface area contributed by atoms with Gasteiger partial charge in [0.2, 0.25) is 0 Å². The number of carbonyl (C=O) groups is 1. The number of nitrogens with zero attached hydrogens (tertiary/aromatic N) is 1. The normalized spacial score (nSPS) is 12.5. The van der Waals surface area contributed by atoms with Crippen molar-refractivity contribution in [2.75, 3.05) is 0 Å². The third-order valence-corrected chi connectivity index (χ3v) is 5.09. The van der Waals surface area contributed by atoms with E-state index < -0.39 is 0 Å². The minimum absolute atomic E-state index is 0.0190. The van der Waals surface area contributed by atoms with Gasteiger partial charge in [-0.25, -0.2) is 0 Å². The highest BCUT2D eigenvalue weighted by atomic mass is 35.5. The van der Waals surface area contributed by atoms with Crippen molar-refractivity contribution in [1.82, 2.24) is 0 Å². The summed E-state index contributed by atoms with van der Waals surface area (Å²) >= 11 is 18.7. The SMILES string of the molecule is O=C1c2ccccc2-c2cc(Cl)c(N=Cc3c(Cl)cccc3Cl)cc21. The first-order valence-electron chi connectivity index (χ1n) is 7.52. The number of hydrogen-bond donors (Lipinski definition) is 0. The van der Waals surface area contributed by atoms with E-state index in [1.54, 1.807) is 36.5 Å². The number of benzene rings is 3. The van der Waals surface area contributed by atoms with Crippen LogP contribution >= 0.6 is 34.8 Å². The van der Waals surface area contributed by atoms with E-state index in [4.69, 9.17) is 34.8 Å². The van der Waals surface area contributed by atoms with Crippen molar-refractivity contribution in [2.45, 2.75) is 0 Å². The first-order valence-corrected chi connectivity index (χ1v) is 8.65. The first-order chi connectivity index (χ1) is 12.1. The van der Waals surface area contributed by atoms with Crippen LogP contribution in [0.25, 0.3) is 11.1 Å². The summed E-state index contributed by atoms with van der Waals surface area (Å²) in [6.07, 6.45) is 1.56. The molecule has 5 heteroatoms. The number of ketones is 1. The zero-order valence-corrected chi connectivity index (χ0v) is 15.0. The second-order valence-corrected chi connectivity index (χ2v) is 6.84. The van der Waals surface area contributed by atoms with Gasteiger partial charge in [0.25, 0.3) is 0 Å². The van der Waals surface area contributed by atoms with Crippen molar-refractivity contribution in [3.8, 4) is 11.1 Å². The average Bonchev–Trinajstić information content (AvgIpc) is 2.87. The lowest BCUT2D eigenvalue weighted by Gasteiger charge is -2.05. The molecule has 0 saturated carbocycles. The van der Waals surface area contributed by atoms with Gasteiger partial charge < -0.3 is 0 Å². The third-order valence-electron chi connectivity index (χ3n) is 4.13. The lowest BCUT2D eigenvalue weighted by atomic mass is 10.1. The molecule has 1 aliphatic rings. The first kappa shape index (κ1) is 16.3. The maximum absolute atomic E-state index is 12.6. The van der Waals surface area contributed by atoms with Gasteiger partial charge in [0.15, 0.2) is 5.78 Å². The molecule has 122 valence electrons. The Balaban J connectivity index is 1.79. The summed E-state index contributed by atoms with van der Waals surface area (Å²) in [6, 6.07) is 16.2. The second-order valence-electron chi connectivity index (χ2n) is 5.62. The Morgan fingerprint density at radius 2 is 1.40 bits per heavy atom. The monoisotopic (exact) mass is 385 g/mol. The van der Waals surface area contributed by atoms with Gasteiger partial charge in [-0.3, -0.25) is 9.79 Å². The van der Waals surface area contributed by atoms with Gasteiger partial charge in [0.05, 0.1) is 20.8 Å². The van der Waals surface area contributed by atoms with Crippen LogP contribution in [0.2, 0.25) is 15.1 Å². The van der Waals surface area contributed by atoms with Gasteiger partial charge >= 0.3 is 0 Å². The molecule has 1 aliphatic carbocycles. The molecule has 0 N–H and O–H groups in total. The number of rotatable bonds is 2. The number of carbonyl (C=O) groups excluding carboxylic acids is 1. The lowest BCUT2D eigenvalue weighted by molar-refractivity contribution is 0.104. The molecule has 0 fully saturated rings. The molecule has 0 radical (unpaired) electrons. The highest BCUT2D eigenvalue weighted by Crippen LogP contribution is 2.41. The zero-order valence-electron chi connectivity index (χ0n) is 12.8. The molecular formula is C20H10Cl3NO. The highest BCUT2D eigenvalue weighted by Gasteiger charge is 2.27. The lowest BCUT2D eigenvalue weighted by Crippen LogP contribution is -1.94. The van der Waals surface area contributed by atoms with Crippen molar-refractivity contribution >= 4 is 52.5 Å². The molecule has 0 saturated heterocycles. The minimum Gasteiger partial charge on any atom is -0.289 e. The Hall–Kier alpha value is -2.13. The van der Waals surface area contributed by atoms with Crippen LogP contribution in [0.15, 0.2) is 59.6 Å². The van der Waals surface area contributed by atoms with Crippen LogP contribution < -0.4 is 0 Å². The molecule has 2 nitrogen and oxygen atoms in total. The van der Waals surface area contributed by atoms with Crippen LogP contribution in [0.5, 0.6) is 0 Å². The molecule has 0 amide bonds. The summed E-state index contributed by atoms with van der Waals surface area (Å²) in [5, 5.41) is 1.46. The van der Waals surface area contributed by atoms with Gasteiger partial charge in [-0.05, 0) is 35.4 Å². The van der Waals surface area contributed by atoms with Crippen LogP contribution in [0.4, 0.5) is 5.69 Å². The van der Waals surface area contributed by atoms with E-state index >= 15 is 0 Å². The maximum atomic E-state index is 12.6. The minimum atomic E-state index is -0.0190. The van der Waals surface area contributed by atoms with Crippen molar-refractivity contribution in [1.29, 1.82) is 0 Å². The summed E-state index contributed by atoms with van der Waals surface area (Å²) in [6.45, 7) is 0. The van der Waals surface area contributed by atoms with Gasteiger partial charge in [-0.15, -0.1) is 0 Å². The van der Waals surface area contributed by atoms with E-state index in [2.05, 4.69) is 4.99 Å². The highest BCUT2D eigenvalue weighted by molar-refractivity contribution is 6.39. The molecule has 0 bridgehead atoms. The fourth-order valence-electron chi connectivity index (χ4n) is 2.90. The van der Waals surface area contributed by atoms with Gasteiger partial charge in [0.1, 0.15) is 0 Å². The van der Waals surface area contributed by atoms with E-state index in [9.17, 15) is 4.79 Å². The predicted octanol–water partition coefficient (Wildman–Crippen LogP) is 6.61. The van der Waals surface area contributed by atoms with Crippen LogP contribution in [-0.2, 0) is 0 Å². The molecule has 0 spiro atoms. The Bertz CT molecular complexity index is 1040. The van der Waals surface area contributed by atoms with Crippen LogP contribution in [0.1, 0.15) is 21.5 Å². The molecule has 0 aromatic heterocycles. The molecule has 3 aromatic rings. The molecule has 0 atom stereocenters. The maximum Gasteiger partial charge on any atom is 0.194 e. The summed E-state index contributed by atoms with van der Waals surface area (Å²) in [4.78, 5) is 17.0. The molecule has 0 heterocycles. The van der Waals surface area contributed by atoms with Crippen molar-refractivity contribution < 1.29 is 4.79 Å². The molecule has 25 heavy (non-hydrogen) atoms. The van der Waals surface area contributed by atoms with Crippen LogP contribution in [-0.4, -0.2) is 12.0 Å². The fraction of sp³-hybridized carbons (Fsp3) is 0. The molecule has 4 rings (SSSR count). The zero-order chi connectivity index (χ0) is 17.6. The average molecular weight is 387 g/mol. The quantitative estimate of drug-likeness (QED) is 0.356. The largest absolute Gasteiger partial charge is 0.289 e. The number of aliphatic imine (C=N–C) groups is 1. The fourth-order valence-corrected chi connectivity index (χ4v) is 3.61. The van der Waals surface area contributed by atoms with E-state index in [-0.39, 0.29) is 5.78 Å². The van der Waals surface area contributed by atoms with E-state index in [1.807, 2.05) is 24.3 Å². The van der Waals surface area contributed by atoms with Gasteiger partial charge in [-0.2, -0.15) is 0 Å². The Morgan fingerprint density at radius 1 is 0.720 bits per heavy atom. The second kappa shape index (κ2) is 6.30. The van der Waals surface area contributed by atoms with Crippen LogP contribution in [0, 0.1) is 0 Å². The molecule has 0 aliphatic heterocycles. The Kier molecular flexibility index (Phi) is 4.12. The summed E-state index contributed by atoms with van der Waals surface area (Å²) < 4.78 is 0. The van der Waals surface area contributed by atoms with Crippen LogP contribution in [0.3, 0.4) is 0 Å². The van der Waals surface area contributed by atoms with E-state index in [0.29, 0.717) is 37.4 Å². The number of halogens is 3. The molecule has 0 unspecified atom stereocenters. The van der Waals surface area contributed by atoms with Crippen molar-refractivity contribution in [2.24, 2.45) is 4.99 Å². The third kappa shape index (κ3) is 2.77.